The van der Waals surface area contributed by atoms with Gasteiger partial charge in [0.25, 0.3) is 0 Å². The molecule has 0 saturated carbocycles. The largest absolute Gasteiger partial charge is 0.497 e. The molecule has 1 unspecified atom stereocenters. The maximum atomic E-state index is 11.8. The van der Waals surface area contributed by atoms with Crippen molar-refractivity contribution in [3.8, 4) is 17.2 Å². The Balaban J connectivity index is 2.09. The van der Waals surface area contributed by atoms with E-state index in [1.807, 2.05) is 37.3 Å². The van der Waals surface area contributed by atoms with Crippen LogP contribution in [-0.4, -0.2) is 27.3 Å². The van der Waals surface area contributed by atoms with Crippen molar-refractivity contribution < 1.29 is 23.7 Å². The molecular weight excluding hydrogens is 334 g/mol. The second kappa shape index (κ2) is 7.39. The van der Waals surface area contributed by atoms with Crippen molar-refractivity contribution in [3.63, 3.8) is 0 Å². The quantitative estimate of drug-likeness (QED) is 0.668. The Bertz CT molecular complexity index is 859. The van der Waals surface area contributed by atoms with Crippen molar-refractivity contribution in [2.45, 2.75) is 13.0 Å². The average molecular weight is 355 g/mol. The van der Waals surface area contributed by atoms with Gasteiger partial charge in [0, 0.05) is 17.7 Å². The Hall–Kier alpha value is -3.15. The highest BCUT2D eigenvalue weighted by Gasteiger charge is 2.29. The predicted octanol–water partition coefficient (Wildman–Crippen LogP) is 3.61. The molecule has 2 aromatic carbocycles. The number of carbonyl (C=O) groups is 1. The van der Waals surface area contributed by atoms with E-state index in [1.54, 1.807) is 20.3 Å². The fourth-order valence-corrected chi connectivity index (χ4v) is 2.82. The fraction of sp³-hybridized carbons (Fsp3) is 0.250. The molecule has 26 heavy (non-hydrogen) atoms. The summed E-state index contributed by atoms with van der Waals surface area (Å²) in [6.45, 7) is 1.99. The van der Waals surface area contributed by atoms with E-state index in [9.17, 15) is 4.79 Å². The molecule has 136 valence electrons. The van der Waals surface area contributed by atoms with Crippen LogP contribution in [0.1, 0.15) is 17.2 Å². The molecule has 0 bridgehead atoms. The molecule has 0 aliphatic carbocycles. The van der Waals surface area contributed by atoms with Crippen LogP contribution < -0.4 is 19.5 Å². The number of aryl methyl sites for hydroxylation is 1. The lowest BCUT2D eigenvalue weighted by Gasteiger charge is -2.31. The zero-order valence-corrected chi connectivity index (χ0v) is 15.2. The summed E-state index contributed by atoms with van der Waals surface area (Å²) >= 11 is 0. The molecule has 0 aromatic heterocycles. The van der Waals surface area contributed by atoms with Gasteiger partial charge in [-0.3, -0.25) is 0 Å². The first kappa shape index (κ1) is 17.7. The van der Waals surface area contributed by atoms with Crippen molar-refractivity contribution in [1.82, 2.24) is 0 Å². The summed E-state index contributed by atoms with van der Waals surface area (Å²) in [5.74, 6) is 1.50. The van der Waals surface area contributed by atoms with Crippen LogP contribution in [0.3, 0.4) is 0 Å². The van der Waals surface area contributed by atoms with Crippen LogP contribution in [0.2, 0.25) is 0 Å². The number of hydrogen-bond donors (Lipinski definition) is 1. The molecule has 0 spiro atoms. The van der Waals surface area contributed by atoms with Crippen molar-refractivity contribution in [3.05, 3.63) is 59.3 Å². The molecule has 1 aliphatic rings. The van der Waals surface area contributed by atoms with E-state index in [0.717, 1.165) is 16.8 Å². The standard InChI is InChI=1S/C20H21NO5/c1-12-5-8-17-15(9-12)21-16(11-19(22)25-4)20(26-17)14-7-6-13(23-2)10-18(14)24-3/h5-11,20-21H,1-4H3/b16-11-. The van der Waals surface area contributed by atoms with Crippen LogP contribution in [0.15, 0.2) is 48.2 Å². The molecule has 6 nitrogen and oxygen atoms in total. The van der Waals surface area contributed by atoms with Gasteiger partial charge < -0.3 is 24.3 Å². The van der Waals surface area contributed by atoms with Crippen molar-refractivity contribution in [1.29, 1.82) is 0 Å². The third-order valence-electron chi connectivity index (χ3n) is 4.14. The van der Waals surface area contributed by atoms with Crippen LogP contribution >= 0.6 is 0 Å². The fourth-order valence-electron chi connectivity index (χ4n) is 2.82. The minimum Gasteiger partial charge on any atom is -0.497 e. The smallest absolute Gasteiger partial charge is 0.332 e. The number of carbonyl (C=O) groups excluding carboxylic acids is 1. The second-order valence-corrected chi connectivity index (χ2v) is 5.85. The number of anilines is 1. The molecule has 1 aliphatic heterocycles. The zero-order chi connectivity index (χ0) is 18.7. The van der Waals surface area contributed by atoms with Gasteiger partial charge in [-0.25, -0.2) is 4.79 Å². The van der Waals surface area contributed by atoms with Crippen LogP contribution in [0.5, 0.6) is 17.2 Å². The van der Waals surface area contributed by atoms with Gasteiger partial charge in [0.2, 0.25) is 0 Å². The highest BCUT2D eigenvalue weighted by molar-refractivity contribution is 5.84. The van der Waals surface area contributed by atoms with Crippen LogP contribution in [0.25, 0.3) is 0 Å². The predicted molar refractivity (Wildman–Crippen MR) is 97.8 cm³/mol. The molecule has 1 N–H and O–H groups in total. The molecule has 1 heterocycles. The number of benzene rings is 2. The average Bonchev–Trinajstić information content (AvgIpc) is 2.66. The minimum atomic E-state index is -0.551. The highest BCUT2D eigenvalue weighted by Crippen LogP contribution is 2.43. The molecular formula is C20H21NO5. The Morgan fingerprint density at radius 3 is 2.62 bits per heavy atom. The maximum Gasteiger partial charge on any atom is 0.332 e. The number of esters is 1. The molecule has 2 aromatic rings. The Morgan fingerprint density at radius 1 is 1.12 bits per heavy atom. The molecule has 0 radical (unpaired) electrons. The molecule has 6 heteroatoms. The number of ether oxygens (including phenoxy) is 4. The zero-order valence-electron chi connectivity index (χ0n) is 15.2. The summed E-state index contributed by atoms with van der Waals surface area (Å²) in [7, 11) is 4.51. The van der Waals surface area contributed by atoms with Gasteiger partial charge >= 0.3 is 5.97 Å². The van der Waals surface area contributed by atoms with Gasteiger partial charge in [0.1, 0.15) is 17.2 Å². The molecule has 1 atom stereocenters. The Kier molecular flexibility index (Phi) is 5.02. The maximum absolute atomic E-state index is 11.8. The monoisotopic (exact) mass is 355 g/mol. The lowest BCUT2D eigenvalue weighted by Crippen LogP contribution is -2.23. The van der Waals surface area contributed by atoms with Gasteiger partial charge in [-0.1, -0.05) is 6.07 Å². The minimum absolute atomic E-state index is 0.468. The summed E-state index contributed by atoms with van der Waals surface area (Å²) in [5.41, 5.74) is 3.21. The van der Waals surface area contributed by atoms with E-state index >= 15 is 0 Å². The number of nitrogens with one attached hydrogen (secondary N) is 1. The number of fused-ring (bicyclic) bond motifs is 1. The van der Waals surface area contributed by atoms with Gasteiger partial charge in [0.15, 0.2) is 6.10 Å². The Labute approximate surface area is 152 Å². The summed E-state index contributed by atoms with van der Waals surface area (Å²) in [5, 5.41) is 3.28. The topological polar surface area (TPSA) is 66.0 Å². The summed E-state index contributed by atoms with van der Waals surface area (Å²) < 4.78 is 21.7. The lowest BCUT2D eigenvalue weighted by atomic mass is 10.0. The summed E-state index contributed by atoms with van der Waals surface area (Å²) in [6.07, 6.45) is 0.838. The normalized spacial score (nSPS) is 16.9. The molecule has 3 rings (SSSR count). The van der Waals surface area contributed by atoms with Gasteiger partial charge in [-0.2, -0.15) is 0 Å². The first-order valence-corrected chi connectivity index (χ1v) is 8.11. The van der Waals surface area contributed by atoms with Gasteiger partial charge in [-0.05, 0) is 36.8 Å². The lowest BCUT2D eigenvalue weighted by molar-refractivity contribution is -0.134. The van der Waals surface area contributed by atoms with E-state index < -0.39 is 12.1 Å². The number of hydrogen-bond acceptors (Lipinski definition) is 6. The van der Waals surface area contributed by atoms with Crippen molar-refractivity contribution in [2.24, 2.45) is 0 Å². The van der Waals surface area contributed by atoms with Crippen molar-refractivity contribution in [2.75, 3.05) is 26.6 Å². The van der Waals surface area contributed by atoms with Crippen LogP contribution in [0.4, 0.5) is 5.69 Å². The van der Waals surface area contributed by atoms with E-state index in [4.69, 9.17) is 18.9 Å². The third-order valence-corrected chi connectivity index (χ3v) is 4.14. The third kappa shape index (κ3) is 3.44. The van der Waals surface area contributed by atoms with Crippen LogP contribution in [-0.2, 0) is 9.53 Å². The molecule has 0 amide bonds. The van der Waals surface area contributed by atoms with Crippen LogP contribution in [0, 0.1) is 6.92 Å². The number of methoxy groups -OCH3 is 3. The first-order chi connectivity index (χ1) is 12.5. The molecule has 0 fully saturated rings. The van der Waals surface area contributed by atoms with Gasteiger partial charge in [-0.15, -0.1) is 0 Å². The molecule has 0 saturated heterocycles. The summed E-state index contributed by atoms with van der Waals surface area (Å²) in [4.78, 5) is 11.8. The van der Waals surface area contributed by atoms with E-state index in [0.29, 0.717) is 22.9 Å². The highest BCUT2D eigenvalue weighted by atomic mass is 16.5. The number of rotatable bonds is 4. The SMILES string of the molecule is COC(=O)/C=C1\Nc2cc(C)ccc2OC1c1ccc(OC)cc1OC. The first-order valence-electron chi connectivity index (χ1n) is 8.11. The van der Waals surface area contributed by atoms with E-state index in [2.05, 4.69) is 5.32 Å². The Morgan fingerprint density at radius 2 is 1.92 bits per heavy atom. The second-order valence-electron chi connectivity index (χ2n) is 5.85. The van der Waals surface area contributed by atoms with E-state index in [-0.39, 0.29) is 0 Å². The van der Waals surface area contributed by atoms with E-state index in [1.165, 1.54) is 13.2 Å². The van der Waals surface area contributed by atoms with Gasteiger partial charge in [0.05, 0.1) is 32.7 Å². The van der Waals surface area contributed by atoms with Crippen molar-refractivity contribution >= 4 is 11.7 Å². The summed E-state index contributed by atoms with van der Waals surface area (Å²) in [6, 6.07) is 11.3.